The van der Waals surface area contributed by atoms with Gasteiger partial charge in [0.25, 0.3) is 5.91 Å². The lowest BCUT2D eigenvalue weighted by Crippen LogP contribution is -2.28. The molecule has 5 nitrogen and oxygen atoms in total. The number of hydrogen-bond donors (Lipinski definition) is 2. The van der Waals surface area contributed by atoms with E-state index in [2.05, 4.69) is 20.5 Å². The van der Waals surface area contributed by atoms with Crippen LogP contribution in [0.5, 0.6) is 0 Å². The molecule has 0 aliphatic heterocycles. The molecule has 2 rings (SSSR count). The second-order valence-corrected chi connectivity index (χ2v) is 5.04. The molecule has 1 aliphatic rings. The monoisotopic (exact) mass is 236 g/mol. The van der Waals surface area contributed by atoms with Gasteiger partial charge in [-0.2, -0.15) is 0 Å². The molecule has 0 bridgehead atoms. The normalized spacial score (nSPS) is 15.9. The number of nitrogens with one attached hydrogen (secondary N) is 2. The van der Waals surface area contributed by atoms with Crippen LogP contribution in [0.15, 0.2) is 0 Å². The van der Waals surface area contributed by atoms with Crippen LogP contribution in [-0.2, 0) is 0 Å². The van der Waals surface area contributed by atoms with Crippen LogP contribution >= 0.6 is 0 Å². The Morgan fingerprint density at radius 1 is 1.53 bits per heavy atom. The van der Waals surface area contributed by atoms with Gasteiger partial charge in [-0.1, -0.05) is 33.1 Å². The Bertz CT molecular complexity index is 382. The number of hydrogen-bond acceptors (Lipinski definition) is 3. The van der Waals surface area contributed by atoms with Crippen molar-refractivity contribution in [1.82, 2.24) is 20.5 Å². The number of nitrogens with zero attached hydrogens (tertiary/aromatic N) is 2. The van der Waals surface area contributed by atoms with Crippen molar-refractivity contribution in [2.24, 2.45) is 5.92 Å². The first-order valence-electron chi connectivity index (χ1n) is 6.37. The fourth-order valence-corrected chi connectivity index (χ4v) is 1.88. The van der Waals surface area contributed by atoms with Gasteiger partial charge in [0.05, 0.1) is 0 Å². The lowest BCUT2D eigenvalue weighted by Gasteiger charge is -2.24. The summed E-state index contributed by atoms with van der Waals surface area (Å²) < 4.78 is 0. The summed E-state index contributed by atoms with van der Waals surface area (Å²) in [6, 6.07) is 0. The number of H-pyrrole nitrogens is 1. The molecule has 17 heavy (non-hydrogen) atoms. The molecule has 1 fully saturated rings. The highest BCUT2D eigenvalue weighted by atomic mass is 16.2. The van der Waals surface area contributed by atoms with E-state index in [1.807, 2.05) is 13.8 Å². The predicted molar refractivity (Wildman–Crippen MR) is 64.8 cm³/mol. The quantitative estimate of drug-likeness (QED) is 0.819. The molecule has 0 saturated heterocycles. The highest BCUT2D eigenvalue weighted by Gasteiger charge is 2.18. The van der Waals surface area contributed by atoms with Gasteiger partial charge in [0.2, 0.25) is 5.82 Å². The number of rotatable bonds is 5. The van der Waals surface area contributed by atoms with Crippen molar-refractivity contribution in [3.8, 4) is 0 Å². The van der Waals surface area contributed by atoms with Crippen molar-refractivity contribution in [3.05, 3.63) is 11.6 Å². The van der Waals surface area contributed by atoms with E-state index in [4.69, 9.17) is 0 Å². The molecule has 0 radical (unpaired) electrons. The molecule has 1 aromatic rings. The van der Waals surface area contributed by atoms with E-state index in [0.717, 1.165) is 24.7 Å². The van der Waals surface area contributed by atoms with E-state index in [1.165, 1.54) is 19.3 Å². The predicted octanol–water partition coefficient (Wildman–Crippen LogP) is 1.85. The zero-order valence-electron chi connectivity index (χ0n) is 10.5. The maximum atomic E-state index is 11.7. The van der Waals surface area contributed by atoms with Gasteiger partial charge in [-0.15, -0.1) is 5.10 Å². The largest absolute Gasteiger partial charge is 0.349 e. The summed E-state index contributed by atoms with van der Waals surface area (Å²) in [5, 5.41) is 9.57. The maximum absolute atomic E-state index is 11.7. The summed E-state index contributed by atoms with van der Waals surface area (Å²) in [5.74, 6) is 1.91. The van der Waals surface area contributed by atoms with Crippen LogP contribution in [0.2, 0.25) is 0 Å². The number of carbonyl (C=O) groups is 1. The maximum Gasteiger partial charge on any atom is 0.290 e. The number of aromatic amines is 1. The molecule has 2 N–H and O–H groups in total. The van der Waals surface area contributed by atoms with Crippen molar-refractivity contribution in [3.63, 3.8) is 0 Å². The van der Waals surface area contributed by atoms with Gasteiger partial charge in [-0.25, -0.2) is 4.98 Å². The SMILES string of the molecule is CC(C)c1nc(C(=O)NCCC2CCC2)n[nH]1. The first kappa shape index (κ1) is 12.1. The first-order chi connectivity index (χ1) is 8.16. The molecule has 1 aliphatic carbocycles. The van der Waals surface area contributed by atoms with E-state index in [9.17, 15) is 4.79 Å². The van der Waals surface area contributed by atoms with E-state index in [0.29, 0.717) is 0 Å². The lowest BCUT2D eigenvalue weighted by atomic mass is 9.83. The summed E-state index contributed by atoms with van der Waals surface area (Å²) in [7, 11) is 0. The third-order valence-electron chi connectivity index (χ3n) is 3.32. The second kappa shape index (κ2) is 5.29. The van der Waals surface area contributed by atoms with E-state index in [1.54, 1.807) is 0 Å². The van der Waals surface area contributed by atoms with E-state index in [-0.39, 0.29) is 17.6 Å². The van der Waals surface area contributed by atoms with Crippen LogP contribution in [0.4, 0.5) is 0 Å². The van der Waals surface area contributed by atoms with Gasteiger partial charge < -0.3 is 5.32 Å². The van der Waals surface area contributed by atoms with Gasteiger partial charge in [0.1, 0.15) is 5.82 Å². The zero-order valence-corrected chi connectivity index (χ0v) is 10.5. The van der Waals surface area contributed by atoms with Crippen molar-refractivity contribution >= 4 is 5.91 Å². The molecule has 1 amide bonds. The summed E-state index contributed by atoms with van der Waals surface area (Å²) in [4.78, 5) is 15.9. The Labute approximate surface area is 101 Å². The molecule has 0 aromatic carbocycles. The fourth-order valence-electron chi connectivity index (χ4n) is 1.88. The molecule has 1 aromatic heterocycles. The topological polar surface area (TPSA) is 70.7 Å². The minimum atomic E-state index is -0.174. The Morgan fingerprint density at radius 2 is 2.29 bits per heavy atom. The Kier molecular flexibility index (Phi) is 3.76. The van der Waals surface area contributed by atoms with Gasteiger partial charge in [-0.3, -0.25) is 9.89 Å². The van der Waals surface area contributed by atoms with Crippen molar-refractivity contribution in [2.75, 3.05) is 6.54 Å². The van der Waals surface area contributed by atoms with Crippen LogP contribution < -0.4 is 5.32 Å². The molecule has 1 saturated carbocycles. The summed E-state index contributed by atoms with van der Waals surface area (Å²) >= 11 is 0. The molecule has 5 heteroatoms. The molecule has 0 atom stereocenters. The second-order valence-electron chi connectivity index (χ2n) is 5.04. The molecular weight excluding hydrogens is 216 g/mol. The van der Waals surface area contributed by atoms with E-state index >= 15 is 0 Å². The van der Waals surface area contributed by atoms with Crippen LogP contribution in [0.3, 0.4) is 0 Å². The standard InChI is InChI=1S/C12H20N4O/c1-8(2)10-14-11(16-15-10)12(17)13-7-6-9-4-3-5-9/h8-9H,3-7H2,1-2H3,(H,13,17)(H,14,15,16). The first-order valence-corrected chi connectivity index (χ1v) is 6.37. The highest BCUT2D eigenvalue weighted by Crippen LogP contribution is 2.28. The van der Waals surface area contributed by atoms with Gasteiger partial charge in [0.15, 0.2) is 0 Å². The third kappa shape index (κ3) is 3.05. The molecule has 0 unspecified atom stereocenters. The van der Waals surface area contributed by atoms with Crippen LogP contribution in [0.1, 0.15) is 61.9 Å². The average Bonchev–Trinajstić information content (AvgIpc) is 2.70. The van der Waals surface area contributed by atoms with Gasteiger partial charge >= 0.3 is 0 Å². The van der Waals surface area contributed by atoms with E-state index < -0.39 is 0 Å². The van der Waals surface area contributed by atoms with Gasteiger partial charge in [0, 0.05) is 12.5 Å². The summed E-state index contributed by atoms with van der Waals surface area (Å²) in [6.45, 7) is 4.76. The fraction of sp³-hybridized carbons (Fsp3) is 0.750. The molecule has 0 spiro atoms. The molecule has 94 valence electrons. The Morgan fingerprint density at radius 3 is 2.82 bits per heavy atom. The number of carbonyl (C=O) groups excluding carboxylic acids is 1. The van der Waals surface area contributed by atoms with Crippen molar-refractivity contribution in [2.45, 2.75) is 45.4 Å². The van der Waals surface area contributed by atoms with Crippen LogP contribution in [0.25, 0.3) is 0 Å². The van der Waals surface area contributed by atoms with Crippen LogP contribution in [0, 0.1) is 5.92 Å². The van der Waals surface area contributed by atoms with Crippen molar-refractivity contribution in [1.29, 1.82) is 0 Å². The summed E-state index contributed by atoms with van der Waals surface area (Å²) in [5.41, 5.74) is 0. The minimum Gasteiger partial charge on any atom is -0.349 e. The lowest BCUT2D eigenvalue weighted by molar-refractivity contribution is 0.0939. The van der Waals surface area contributed by atoms with Crippen LogP contribution in [-0.4, -0.2) is 27.6 Å². The zero-order chi connectivity index (χ0) is 12.3. The smallest absolute Gasteiger partial charge is 0.290 e. The summed E-state index contributed by atoms with van der Waals surface area (Å²) in [6.07, 6.45) is 5.05. The third-order valence-corrected chi connectivity index (χ3v) is 3.32. The molecular formula is C12H20N4O. The Balaban J connectivity index is 1.77. The van der Waals surface area contributed by atoms with Gasteiger partial charge in [-0.05, 0) is 12.3 Å². The number of amides is 1. The molecule has 1 heterocycles. The average molecular weight is 236 g/mol. The minimum absolute atomic E-state index is 0.174. The highest BCUT2D eigenvalue weighted by molar-refractivity contribution is 5.90. The number of aromatic nitrogens is 3. The Hall–Kier alpha value is -1.39. The van der Waals surface area contributed by atoms with Crippen molar-refractivity contribution < 1.29 is 4.79 Å².